The summed E-state index contributed by atoms with van der Waals surface area (Å²) in [4.78, 5) is 42.1. The molecule has 3 aromatic rings. The maximum atomic E-state index is 13.4. The summed E-state index contributed by atoms with van der Waals surface area (Å²) < 4.78 is 11.3. The van der Waals surface area contributed by atoms with Gasteiger partial charge in [-0.05, 0) is 69.2 Å². The van der Waals surface area contributed by atoms with E-state index in [1.807, 2.05) is 60.7 Å². The van der Waals surface area contributed by atoms with Crippen molar-refractivity contribution >= 4 is 35.2 Å². The summed E-state index contributed by atoms with van der Waals surface area (Å²) >= 11 is 6.08. The Kier molecular flexibility index (Phi) is 10.3. The van der Waals surface area contributed by atoms with Gasteiger partial charge < -0.3 is 29.9 Å². The van der Waals surface area contributed by atoms with Crippen LogP contribution >= 0.6 is 11.6 Å². The molecule has 1 heterocycles. The van der Waals surface area contributed by atoms with E-state index in [2.05, 4.69) is 10.6 Å². The molecule has 0 aliphatic carbocycles. The van der Waals surface area contributed by atoms with Crippen molar-refractivity contribution in [3.63, 3.8) is 0 Å². The Hall–Kier alpha value is -4.24. The monoisotopic (exact) mass is 592 g/mol. The molecule has 1 fully saturated rings. The minimum absolute atomic E-state index is 0.0292. The van der Waals surface area contributed by atoms with Crippen LogP contribution in [0.1, 0.15) is 32.8 Å². The van der Waals surface area contributed by atoms with E-state index in [4.69, 9.17) is 21.1 Å². The van der Waals surface area contributed by atoms with Crippen LogP contribution in [0.3, 0.4) is 0 Å². The van der Waals surface area contributed by atoms with Gasteiger partial charge in [-0.3, -0.25) is 9.59 Å². The second-order valence-electron chi connectivity index (χ2n) is 11.1. The molecule has 42 heavy (non-hydrogen) atoms. The number of halogens is 1. The Morgan fingerprint density at radius 2 is 1.69 bits per heavy atom. The highest BCUT2D eigenvalue weighted by atomic mass is 35.5. The van der Waals surface area contributed by atoms with Gasteiger partial charge in [-0.2, -0.15) is 0 Å². The van der Waals surface area contributed by atoms with Gasteiger partial charge in [0.2, 0.25) is 11.8 Å². The van der Waals surface area contributed by atoms with Crippen LogP contribution in [-0.2, 0) is 20.9 Å². The van der Waals surface area contributed by atoms with E-state index >= 15 is 0 Å². The van der Waals surface area contributed by atoms with Crippen molar-refractivity contribution in [2.24, 2.45) is 0 Å². The first kappa shape index (κ1) is 30.7. The number of likely N-dealkylation sites (tertiary alicyclic amines) is 1. The second kappa shape index (κ2) is 14.1. The van der Waals surface area contributed by atoms with Gasteiger partial charge in [-0.1, -0.05) is 48.0 Å². The summed E-state index contributed by atoms with van der Waals surface area (Å²) in [6.45, 7) is 6.49. The third-order valence-electron chi connectivity index (χ3n) is 6.46. The molecular formula is C32H37ClN4O5. The van der Waals surface area contributed by atoms with Gasteiger partial charge in [0.15, 0.2) is 0 Å². The van der Waals surface area contributed by atoms with Crippen LogP contribution in [0.4, 0.5) is 10.5 Å². The first-order valence-corrected chi connectivity index (χ1v) is 14.3. The van der Waals surface area contributed by atoms with Crippen LogP contribution in [0.2, 0.25) is 5.02 Å². The third-order valence-corrected chi connectivity index (χ3v) is 6.70. The van der Waals surface area contributed by atoms with Crippen LogP contribution in [-0.4, -0.2) is 60.6 Å². The van der Waals surface area contributed by atoms with Crippen molar-refractivity contribution in [2.75, 3.05) is 31.1 Å². The van der Waals surface area contributed by atoms with Gasteiger partial charge in [-0.25, -0.2) is 4.79 Å². The Balaban J connectivity index is 1.43. The lowest BCUT2D eigenvalue weighted by Crippen LogP contribution is -2.45. The standard InChI is InChI=1S/C32H37ClN4O5/c1-32(2,3)42-31(40)35-25-15-16-36(20-25)30(39)22-37(21-29(38)34-19-23-9-7-10-24(33)17-23)26-11-8-14-28(18-26)41-27-12-5-4-6-13-27/h4-14,17-18,25H,15-16,19-22H2,1-3H3,(H,34,38)(H,35,40). The molecule has 9 nitrogen and oxygen atoms in total. The number of amides is 3. The summed E-state index contributed by atoms with van der Waals surface area (Å²) in [7, 11) is 0. The summed E-state index contributed by atoms with van der Waals surface area (Å²) in [6, 6.07) is 23.7. The average molecular weight is 593 g/mol. The second-order valence-corrected chi connectivity index (χ2v) is 11.6. The molecule has 222 valence electrons. The fourth-order valence-electron chi connectivity index (χ4n) is 4.53. The average Bonchev–Trinajstić information content (AvgIpc) is 3.40. The molecular weight excluding hydrogens is 556 g/mol. The zero-order chi connectivity index (χ0) is 30.1. The number of nitrogens with zero attached hydrogens (tertiary/aromatic N) is 2. The topological polar surface area (TPSA) is 100 Å². The number of benzene rings is 3. The van der Waals surface area contributed by atoms with Crippen molar-refractivity contribution in [1.29, 1.82) is 0 Å². The highest BCUT2D eigenvalue weighted by Gasteiger charge is 2.30. The fourth-order valence-corrected chi connectivity index (χ4v) is 4.74. The number of carbonyl (C=O) groups is 3. The van der Waals surface area contributed by atoms with Crippen molar-refractivity contribution in [1.82, 2.24) is 15.5 Å². The van der Waals surface area contributed by atoms with Gasteiger partial charge >= 0.3 is 6.09 Å². The molecule has 3 amide bonds. The van der Waals surface area contributed by atoms with E-state index in [1.165, 1.54) is 0 Å². The highest BCUT2D eigenvalue weighted by molar-refractivity contribution is 6.30. The lowest BCUT2D eigenvalue weighted by atomic mass is 10.2. The molecule has 1 unspecified atom stereocenters. The number of rotatable bonds is 10. The summed E-state index contributed by atoms with van der Waals surface area (Å²) in [6.07, 6.45) is 0.112. The van der Waals surface area contributed by atoms with E-state index in [0.717, 1.165) is 5.56 Å². The molecule has 2 N–H and O–H groups in total. The Morgan fingerprint density at radius 1 is 0.952 bits per heavy atom. The molecule has 0 spiro atoms. The molecule has 0 aromatic heterocycles. The molecule has 3 aromatic carbocycles. The summed E-state index contributed by atoms with van der Waals surface area (Å²) in [5.74, 6) is 0.860. The number of para-hydroxylation sites is 1. The zero-order valence-corrected chi connectivity index (χ0v) is 24.9. The fraction of sp³-hybridized carbons (Fsp3) is 0.344. The molecule has 0 radical (unpaired) electrons. The van der Waals surface area contributed by atoms with E-state index in [1.54, 1.807) is 48.8 Å². The molecule has 1 saturated heterocycles. The SMILES string of the molecule is CC(C)(C)OC(=O)NC1CCN(C(=O)CN(CC(=O)NCc2cccc(Cl)c2)c2cccc(Oc3ccccc3)c2)C1. The molecule has 0 bridgehead atoms. The number of alkyl carbamates (subject to hydrolysis) is 1. The Labute approximate surface area is 251 Å². The molecule has 0 saturated carbocycles. The highest BCUT2D eigenvalue weighted by Crippen LogP contribution is 2.26. The molecule has 1 aliphatic heterocycles. The van der Waals surface area contributed by atoms with Crippen LogP contribution in [0, 0.1) is 0 Å². The number of hydrogen-bond donors (Lipinski definition) is 2. The van der Waals surface area contributed by atoms with E-state index in [-0.39, 0.29) is 30.9 Å². The number of carbonyl (C=O) groups excluding carboxylic acids is 3. The molecule has 1 atom stereocenters. The van der Waals surface area contributed by atoms with E-state index < -0.39 is 11.7 Å². The normalized spacial score (nSPS) is 14.7. The van der Waals surface area contributed by atoms with Gasteiger partial charge in [-0.15, -0.1) is 0 Å². The van der Waals surface area contributed by atoms with E-state index in [9.17, 15) is 14.4 Å². The van der Waals surface area contributed by atoms with Gasteiger partial charge in [0.25, 0.3) is 0 Å². The lowest BCUT2D eigenvalue weighted by molar-refractivity contribution is -0.128. The van der Waals surface area contributed by atoms with Gasteiger partial charge in [0, 0.05) is 36.4 Å². The predicted octanol–water partition coefficient (Wildman–Crippen LogP) is 5.38. The van der Waals surface area contributed by atoms with Crippen LogP contribution in [0.5, 0.6) is 11.5 Å². The number of ether oxygens (including phenoxy) is 2. The summed E-state index contributed by atoms with van der Waals surface area (Å²) in [5.41, 5.74) is 0.930. The number of anilines is 1. The van der Waals surface area contributed by atoms with Crippen molar-refractivity contribution < 1.29 is 23.9 Å². The largest absolute Gasteiger partial charge is 0.457 e. The maximum Gasteiger partial charge on any atom is 0.407 e. The predicted molar refractivity (Wildman–Crippen MR) is 163 cm³/mol. The van der Waals surface area contributed by atoms with E-state index in [0.29, 0.717) is 48.3 Å². The van der Waals surface area contributed by atoms with Crippen LogP contribution in [0.25, 0.3) is 0 Å². The number of hydrogen-bond acceptors (Lipinski definition) is 6. The lowest BCUT2D eigenvalue weighted by Gasteiger charge is -2.27. The van der Waals surface area contributed by atoms with Crippen molar-refractivity contribution in [3.05, 3.63) is 89.4 Å². The Bertz CT molecular complexity index is 1380. The smallest absolute Gasteiger partial charge is 0.407 e. The first-order valence-electron chi connectivity index (χ1n) is 13.9. The zero-order valence-electron chi connectivity index (χ0n) is 24.1. The van der Waals surface area contributed by atoms with Crippen LogP contribution in [0.15, 0.2) is 78.9 Å². The molecule has 10 heteroatoms. The minimum Gasteiger partial charge on any atom is -0.457 e. The summed E-state index contributed by atoms with van der Waals surface area (Å²) in [5, 5.41) is 6.35. The van der Waals surface area contributed by atoms with Crippen LogP contribution < -0.4 is 20.3 Å². The molecule has 4 rings (SSSR count). The maximum absolute atomic E-state index is 13.4. The van der Waals surface area contributed by atoms with Crippen molar-refractivity contribution in [2.45, 2.75) is 45.4 Å². The van der Waals surface area contributed by atoms with Crippen molar-refractivity contribution in [3.8, 4) is 11.5 Å². The van der Waals surface area contributed by atoms with Gasteiger partial charge in [0.1, 0.15) is 17.1 Å². The minimum atomic E-state index is -0.606. The number of nitrogens with one attached hydrogen (secondary N) is 2. The third kappa shape index (κ3) is 9.69. The van der Waals surface area contributed by atoms with Gasteiger partial charge in [0.05, 0.1) is 19.1 Å². The Morgan fingerprint density at radius 3 is 2.43 bits per heavy atom. The quantitative estimate of drug-likeness (QED) is 0.328. The molecule has 1 aliphatic rings. The first-order chi connectivity index (χ1) is 20.0.